The number of allylic oxidation sites excluding steroid dienone is 1. The molecule has 3 N–H and O–H groups in total. The summed E-state index contributed by atoms with van der Waals surface area (Å²) in [5.41, 5.74) is 7.07. The monoisotopic (exact) mass is 500 g/mol. The van der Waals surface area contributed by atoms with E-state index in [1.54, 1.807) is 30.3 Å². The molecule has 0 fully saturated rings. The van der Waals surface area contributed by atoms with Gasteiger partial charge in [-0.2, -0.15) is 4.31 Å². The van der Waals surface area contributed by atoms with Crippen LogP contribution in [0.5, 0.6) is 5.75 Å². The zero-order valence-electron chi connectivity index (χ0n) is 19.3. The van der Waals surface area contributed by atoms with Crippen molar-refractivity contribution in [3.63, 3.8) is 0 Å². The van der Waals surface area contributed by atoms with Crippen molar-refractivity contribution in [2.24, 2.45) is 5.73 Å². The number of terminal acetylenes is 1. The molecule has 0 unspecified atom stereocenters. The molecule has 2 aromatic carbocycles. The quantitative estimate of drug-likeness (QED) is 0.448. The minimum Gasteiger partial charge on any atom is -0.497 e. The van der Waals surface area contributed by atoms with Crippen molar-refractivity contribution >= 4 is 15.9 Å². The smallest absolute Gasteiger partial charge is 0.283 e. The fraction of sp³-hybridized carbons (Fsp3) is 0.320. The van der Waals surface area contributed by atoms with Crippen molar-refractivity contribution in [2.45, 2.75) is 23.5 Å². The standard InChI is InChI=1S/C25H28N2O7S/c1-3-18-4-6-19(7-5-18)20-16-23(25(26)29)34-24(17-20)33-15-13-27(12-14-28)35(30,31)22-10-8-21(32-2)9-11-22/h1,4-11,16,20,24,28H,12-15,17H2,2H3,(H2,26,29)/t20-,24+/m1/s1. The molecule has 35 heavy (non-hydrogen) atoms. The maximum atomic E-state index is 13.0. The molecule has 1 heterocycles. The predicted octanol–water partition coefficient (Wildman–Crippen LogP) is 1.58. The molecular formula is C25H28N2O7S. The number of benzene rings is 2. The van der Waals surface area contributed by atoms with E-state index < -0.39 is 22.2 Å². The number of sulfonamides is 1. The molecule has 9 nitrogen and oxygen atoms in total. The molecule has 2 aromatic rings. The minimum absolute atomic E-state index is 0.0228. The second-order valence-corrected chi connectivity index (χ2v) is 9.66. The average molecular weight is 501 g/mol. The van der Waals surface area contributed by atoms with Crippen molar-refractivity contribution in [2.75, 3.05) is 33.4 Å². The summed E-state index contributed by atoms with van der Waals surface area (Å²) in [6, 6.07) is 13.3. The van der Waals surface area contributed by atoms with Gasteiger partial charge in [0.15, 0.2) is 5.76 Å². The SMILES string of the molecule is C#Cc1ccc([C@@H]2C=C(C(N)=O)O[C@H](OCCN(CCO)S(=O)(=O)c3ccc(OC)cc3)C2)cc1. The molecule has 186 valence electrons. The number of aliphatic hydroxyl groups excluding tert-OH is 1. The number of nitrogens with two attached hydrogens (primary N) is 1. The highest BCUT2D eigenvalue weighted by Crippen LogP contribution is 2.31. The van der Waals surface area contributed by atoms with E-state index in [2.05, 4.69) is 5.92 Å². The lowest BCUT2D eigenvalue weighted by atomic mass is 9.92. The largest absolute Gasteiger partial charge is 0.497 e. The molecule has 0 saturated heterocycles. The molecular weight excluding hydrogens is 472 g/mol. The van der Waals surface area contributed by atoms with Gasteiger partial charge in [-0.1, -0.05) is 18.1 Å². The van der Waals surface area contributed by atoms with Gasteiger partial charge < -0.3 is 25.1 Å². The van der Waals surface area contributed by atoms with Crippen LogP contribution in [0.25, 0.3) is 0 Å². The highest BCUT2D eigenvalue weighted by molar-refractivity contribution is 7.89. The molecule has 1 aliphatic rings. The Morgan fingerprint density at radius 1 is 1.20 bits per heavy atom. The van der Waals surface area contributed by atoms with Crippen molar-refractivity contribution in [3.8, 4) is 18.1 Å². The maximum Gasteiger partial charge on any atom is 0.283 e. The summed E-state index contributed by atoms with van der Waals surface area (Å²) < 4.78 is 43.6. The van der Waals surface area contributed by atoms with Gasteiger partial charge in [0.1, 0.15) is 5.75 Å². The highest BCUT2D eigenvalue weighted by Gasteiger charge is 2.29. The van der Waals surface area contributed by atoms with Crippen molar-refractivity contribution < 1.29 is 32.5 Å². The number of aliphatic hydroxyl groups is 1. The summed E-state index contributed by atoms with van der Waals surface area (Å²) in [5.74, 6) is 2.12. The second-order valence-electron chi connectivity index (χ2n) is 7.73. The minimum atomic E-state index is -3.88. The lowest BCUT2D eigenvalue weighted by molar-refractivity contribution is -0.144. The molecule has 1 amide bonds. The lowest BCUT2D eigenvalue weighted by Crippen LogP contribution is -2.38. The first-order chi connectivity index (χ1) is 16.8. The number of methoxy groups -OCH3 is 1. The molecule has 0 bridgehead atoms. The second kappa shape index (κ2) is 11.9. The average Bonchev–Trinajstić information content (AvgIpc) is 2.88. The molecule has 10 heteroatoms. The van der Waals surface area contributed by atoms with Gasteiger partial charge in [0, 0.05) is 31.0 Å². The molecule has 0 radical (unpaired) electrons. The normalized spacial score (nSPS) is 17.8. The predicted molar refractivity (Wildman–Crippen MR) is 129 cm³/mol. The van der Waals surface area contributed by atoms with E-state index in [1.165, 1.54) is 19.2 Å². The lowest BCUT2D eigenvalue weighted by Gasteiger charge is -2.29. The number of ether oxygens (including phenoxy) is 3. The number of carbonyl (C=O) groups excluding carboxylic acids is 1. The van der Waals surface area contributed by atoms with Crippen molar-refractivity contribution in [3.05, 3.63) is 71.5 Å². The van der Waals surface area contributed by atoms with Crippen LogP contribution in [0.4, 0.5) is 0 Å². The Balaban J connectivity index is 1.68. The highest BCUT2D eigenvalue weighted by atomic mass is 32.2. The van der Waals surface area contributed by atoms with E-state index in [4.69, 9.17) is 26.4 Å². The van der Waals surface area contributed by atoms with Crippen LogP contribution in [-0.2, 0) is 24.3 Å². The molecule has 0 aromatic heterocycles. The summed E-state index contributed by atoms with van der Waals surface area (Å²) in [7, 11) is -2.39. The fourth-order valence-corrected chi connectivity index (χ4v) is 5.05. The van der Waals surface area contributed by atoms with Crippen LogP contribution in [-0.4, -0.2) is 63.4 Å². The third kappa shape index (κ3) is 6.61. The molecule has 0 saturated carbocycles. The Morgan fingerprint density at radius 2 is 1.89 bits per heavy atom. The number of hydrogen-bond acceptors (Lipinski definition) is 7. The van der Waals surface area contributed by atoms with Crippen molar-refractivity contribution in [1.29, 1.82) is 0 Å². The maximum absolute atomic E-state index is 13.0. The molecule has 3 rings (SSSR count). The van der Waals surface area contributed by atoms with E-state index in [-0.39, 0.29) is 42.9 Å². The summed E-state index contributed by atoms with van der Waals surface area (Å²) in [6.07, 6.45) is 6.62. The van der Waals surface area contributed by atoms with Crippen LogP contribution in [0.15, 0.2) is 65.3 Å². The number of amides is 1. The van der Waals surface area contributed by atoms with Crippen LogP contribution in [0, 0.1) is 12.3 Å². The van der Waals surface area contributed by atoms with E-state index in [9.17, 15) is 18.3 Å². The zero-order valence-corrected chi connectivity index (χ0v) is 20.1. The number of carbonyl (C=O) groups is 1. The van der Waals surface area contributed by atoms with E-state index in [0.717, 1.165) is 15.4 Å². The molecule has 1 aliphatic heterocycles. The van der Waals surface area contributed by atoms with Gasteiger partial charge >= 0.3 is 0 Å². The third-order valence-corrected chi connectivity index (χ3v) is 7.41. The summed E-state index contributed by atoms with van der Waals surface area (Å²) in [4.78, 5) is 11.9. The van der Waals surface area contributed by atoms with E-state index >= 15 is 0 Å². The number of rotatable bonds is 11. The Bertz CT molecular complexity index is 1190. The third-order valence-electron chi connectivity index (χ3n) is 5.50. The Hall–Kier alpha value is -3.36. The van der Waals surface area contributed by atoms with Gasteiger partial charge in [-0.05, 0) is 48.0 Å². The van der Waals surface area contributed by atoms with Crippen LogP contribution in [0.3, 0.4) is 0 Å². The molecule has 0 spiro atoms. The van der Waals surface area contributed by atoms with Gasteiger partial charge in [0.25, 0.3) is 5.91 Å². The Labute approximate surface area is 205 Å². The zero-order chi connectivity index (χ0) is 25.4. The van der Waals surface area contributed by atoms with Crippen LogP contribution < -0.4 is 10.5 Å². The Morgan fingerprint density at radius 3 is 2.46 bits per heavy atom. The van der Waals surface area contributed by atoms with Crippen LogP contribution >= 0.6 is 0 Å². The fourth-order valence-electron chi connectivity index (χ4n) is 3.63. The first kappa shape index (κ1) is 26.2. The summed E-state index contributed by atoms with van der Waals surface area (Å²) in [5, 5.41) is 9.41. The first-order valence-corrected chi connectivity index (χ1v) is 12.3. The van der Waals surface area contributed by atoms with Gasteiger partial charge in [-0.3, -0.25) is 4.79 Å². The molecule has 0 aliphatic carbocycles. The van der Waals surface area contributed by atoms with Gasteiger partial charge in [0.05, 0.1) is 25.2 Å². The van der Waals surface area contributed by atoms with Crippen LogP contribution in [0.1, 0.15) is 23.5 Å². The van der Waals surface area contributed by atoms with E-state index in [1.807, 2.05) is 12.1 Å². The van der Waals surface area contributed by atoms with Gasteiger partial charge in [-0.25, -0.2) is 8.42 Å². The summed E-state index contributed by atoms with van der Waals surface area (Å²) >= 11 is 0. The number of hydrogen-bond donors (Lipinski definition) is 2. The van der Waals surface area contributed by atoms with Crippen LogP contribution in [0.2, 0.25) is 0 Å². The first-order valence-electron chi connectivity index (χ1n) is 10.9. The Kier molecular flexibility index (Phi) is 8.89. The number of nitrogens with zero attached hydrogens (tertiary/aromatic N) is 1. The van der Waals surface area contributed by atoms with Gasteiger partial charge in [0.2, 0.25) is 16.3 Å². The van der Waals surface area contributed by atoms with E-state index in [0.29, 0.717) is 12.2 Å². The van der Waals surface area contributed by atoms with Gasteiger partial charge in [-0.15, -0.1) is 6.42 Å². The van der Waals surface area contributed by atoms with Crippen molar-refractivity contribution in [1.82, 2.24) is 4.31 Å². The molecule has 2 atom stereocenters. The number of primary amides is 1. The summed E-state index contributed by atoms with van der Waals surface area (Å²) in [6.45, 7) is -0.541. The topological polar surface area (TPSA) is 128 Å².